The molecule has 0 bridgehead atoms. The van der Waals surface area contributed by atoms with Crippen molar-refractivity contribution in [2.24, 2.45) is 0 Å². The first-order valence-electron chi connectivity index (χ1n) is 38.4. The van der Waals surface area contributed by atoms with Crippen LogP contribution < -0.4 is 0 Å². The summed E-state index contributed by atoms with van der Waals surface area (Å²) in [5.74, 6) is 0. The molecule has 0 unspecified atom stereocenters. The van der Waals surface area contributed by atoms with Gasteiger partial charge in [0.15, 0.2) is 0 Å². The Labute approximate surface area is 640 Å². The molecule has 0 aromatic heterocycles. The summed E-state index contributed by atoms with van der Waals surface area (Å²) in [4.78, 5) is 0. The van der Waals surface area contributed by atoms with Crippen LogP contribution in [0.3, 0.4) is 0 Å². The summed E-state index contributed by atoms with van der Waals surface area (Å²) in [5, 5.41) is 15.3. The van der Waals surface area contributed by atoms with Gasteiger partial charge in [-0.05, 0) is 270 Å². The molecule has 110 heavy (non-hydrogen) atoms. The molecule has 0 fully saturated rings. The smallest absolute Gasteiger partial charge is 0.0622 e. The molecule has 23 rings (SSSR count). The van der Waals surface area contributed by atoms with E-state index in [9.17, 15) is 0 Å². The van der Waals surface area contributed by atoms with Crippen molar-refractivity contribution in [1.82, 2.24) is 0 Å². The third kappa shape index (κ3) is 9.86. The fourth-order valence-corrected chi connectivity index (χ4v) is 19.3. The van der Waals surface area contributed by atoms with E-state index in [2.05, 4.69) is 425 Å². The van der Waals surface area contributed by atoms with E-state index in [0.29, 0.717) is 0 Å². The van der Waals surface area contributed by atoms with Gasteiger partial charge in [0.1, 0.15) is 0 Å². The van der Waals surface area contributed by atoms with Gasteiger partial charge in [0.25, 0.3) is 0 Å². The minimum Gasteiger partial charge on any atom is -0.0622 e. The van der Waals surface area contributed by atoms with Crippen molar-refractivity contribution in [3.05, 3.63) is 469 Å². The molecule has 20 aromatic rings. The summed E-state index contributed by atoms with van der Waals surface area (Å²) in [6.07, 6.45) is 0. The van der Waals surface area contributed by atoms with Gasteiger partial charge in [-0.2, -0.15) is 0 Å². The lowest BCUT2D eigenvalue weighted by Crippen LogP contribution is -2.28. The van der Waals surface area contributed by atoms with E-state index in [1.807, 2.05) is 0 Å². The first kappa shape index (κ1) is 63.3. The monoisotopic (exact) mass is 1390 g/mol. The Morgan fingerprint density at radius 2 is 0.455 bits per heavy atom. The van der Waals surface area contributed by atoms with Crippen molar-refractivity contribution in [1.29, 1.82) is 0 Å². The Balaban J connectivity index is 0.000000137. The van der Waals surface area contributed by atoms with Crippen LogP contribution in [0.15, 0.2) is 425 Å². The predicted octanol–water partition coefficient (Wildman–Crippen LogP) is 29.0. The fraction of sp³-hybridized carbons (Fsp3) is 0.0182. The number of rotatable bonds is 8. The normalized spacial score (nSPS) is 13.1. The molecule has 3 aliphatic carbocycles. The van der Waals surface area contributed by atoms with E-state index in [-0.39, 0.29) is 5.41 Å². The Morgan fingerprint density at radius 3 is 0.991 bits per heavy atom. The molecule has 0 N–H and O–H groups in total. The standard InChI is InChI=1S/C59H38.C51H32/c1-3-17-48(18-4-1)59(49-19-5-2-6-20-49)56-25-12-11-23-52(56)55-37-45(32-33-57(55)59)41-16-13-15-40(34-41)42-27-28-44-36-46(30-29-43(44)35-42)54-38-47-31-26-39-14-7-8-21-50(39)58(47)53-24-10-9-22-51(53)54;1-2-11-34-28-38(21-20-33(34)10-1)40-25-24-39-30-37(22-23-41(39)31-40)35-12-9-13-36(29-35)42-26-27-46-45-16-5-8-19-49(45)51(50(46)32-42)47-17-6-3-14-43(47)44-15-4-7-18-48(44)51/h1-38H;1-32H. The molecule has 1 spiro atoms. The molecule has 3 aliphatic rings. The highest BCUT2D eigenvalue weighted by Crippen LogP contribution is 2.64. The Morgan fingerprint density at radius 1 is 0.127 bits per heavy atom. The molecule has 0 nitrogen and oxygen atoms in total. The minimum absolute atomic E-state index is 0.337. The summed E-state index contributed by atoms with van der Waals surface area (Å²) in [5.41, 5.74) is 32.7. The van der Waals surface area contributed by atoms with Crippen molar-refractivity contribution in [2.75, 3.05) is 0 Å². The highest BCUT2D eigenvalue weighted by atomic mass is 14.5. The van der Waals surface area contributed by atoms with Crippen LogP contribution in [0.25, 0.3) is 165 Å². The van der Waals surface area contributed by atoms with Gasteiger partial charge in [-0.1, -0.05) is 364 Å². The van der Waals surface area contributed by atoms with Gasteiger partial charge >= 0.3 is 0 Å². The second-order valence-corrected chi connectivity index (χ2v) is 30.1. The zero-order valence-corrected chi connectivity index (χ0v) is 60.4. The Bertz CT molecular complexity index is 7050. The van der Waals surface area contributed by atoms with Crippen LogP contribution in [0.1, 0.15) is 44.5 Å². The van der Waals surface area contributed by atoms with E-state index >= 15 is 0 Å². The maximum atomic E-state index is 2.47. The maximum absolute atomic E-state index is 2.47. The second kappa shape index (κ2) is 25.3. The minimum atomic E-state index is -0.393. The van der Waals surface area contributed by atoms with Crippen LogP contribution in [0, 0.1) is 0 Å². The second-order valence-electron chi connectivity index (χ2n) is 30.1. The molecule has 0 saturated carbocycles. The fourth-order valence-electron chi connectivity index (χ4n) is 19.3. The van der Waals surface area contributed by atoms with Crippen molar-refractivity contribution in [2.45, 2.75) is 10.8 Å². The van der Waals surface area contributed by atoms with E-state index in [0.717, 1.165) is 0 Å². The van der Waals surface area contributed by atoms with Crippen molar-refractivity contribution < 1.29 is 0 Å². The van der Waals surface area contributed by atoms with Gasteiger partial charge in [-0.15, -0.1) is 0 Å². The third-order valence-electron chi connectivity index (χ3n) is 24.3. The zero-order valence-electron chi connectivity index (χ0n) is 60.4. The molecule has 0 radical (unpaired) electrons. The highest BCUT2D eigenvalue weighted by Gasteiger charge is 2.52. The van der Waals surface area contributed by atoms with Gasteiger partial charge in [0.2, 0.25) is 0 Å². The highest BCUT2D eigenvalue weighted by molar-refractivity contribution is 6.23. The molecule has 0 heterocycles. The molecule has 510 valence electrons. The number of hydrogen-bond donors (Lipinski definition) is 0. The molecule has 0 aliphatic heterocycles. The molecular formula is C110H70. The first-order valence-corrected chi connectivity index (χ1v) is 38.4. The molecule has 0 amide bonds. The van der Waals surface area contributed by atoms with Gasteiger partial charge in [-0.25, -0.2) is 0 Å². The summed E-state index contributed by atoms with van der Waals surface area (Å²) in [7, 11) is 0. The topological polar surface area (TPSA) is 0 Å². The van der Waals surface area contributed by atoms with Crippen LogP contribution in [-0.2, 0) is 10.8 Å². The average molecular weight is 1390 g/mol. The summed E-state index contributed by atoms with van der Waals surface area (Å²) in [6.45, 7) is 0. The lowest BCUT2D eigenvalue weighted by molar-refractivity contribution is 0.768. The van der Waals surface area contributed by atoms with E-state index < -0.39 is 5.41 Å². The molecule has 0 saturated heterocycles. The Hall–Kier alpha value is -14.0. The number of hydrogen-bond acceptors (Lipinski definition) is 0. The van der Waals surface area contributed by atoms with Crippen molar-refractivity contribution >= 4 is 64.6 Å². The summed E-state index contributed by atoms with van der Waals surface area (Å²) in [6, 6.07) is 158. The summed E-state index contributed by atoms with van der Waals surface area (Å²) >= 11 is 0. The quantitative estimate of drug-likeness (QED) is 0.133. The first-order chi connectivity index (χ1) is 54.5. The van der Waals surface area contributed by atoms with Crippen molar-refractivity contribution in [3.8, 4) is 100 Å². The van der Waals surface area contributed by atoms with Gasteiger partial charge in [0.05, 0.1) is 10.8 Å². The Kier molecular flexibility index (Phi) is 14.6. The average Bonchev–Trinajstić information content (AvgIpc) is 1.51. The zero-order chi connectivity index (χ0) is 72.4. The molecule has 20 aromatic carbocycles. The van der Waals surface area contributed by atoms with Crippen LogP contribution in [0.2, 0.25) is 0 Å². The van der Waals surface area contributed by atoms with Crippen LogP contribution in [0.4, 0.5) is 0 Å². The van der Waals surface area contributed by atoms with Crippen LogP contribution in [-0.4, -0.2) is 0 Å². The lowest BCUT2D eigenvalue weighted by atomic mass is 9.67. The van der Waals surface area contributed by atoms with E-state index in [4.69, 9.17) is 0 Å². The van der Waals surface area contributed by atoms with E-state index in [1.54, 1.807) is 0 Å². The van der Waals surface area contributed by atoms with Crippen LogP contribution >= 0.6 is 0 Å². The lowest BCUT2D eigenvalue weighted by Gasteiger charge is -2.33. The maximum Gasteiger partial charge on any atom is 0.0725 e. The van der Waals surface area contributed by atoms with E-state index in [1.165, 1.54) is 209 Å². The molecular weight excluding hydrogens is 1320 g/mol. The SMILES string of the molecule is c1cc(-c2ccc3c(c2)C2(c4ccccc4-c4ccccc42)c2ccccc2-3)cc(-c2ccc3cc(-c4ccc5ccccc5c4)ccc3c2)c1.c1ccc(C2(c3ccccc3)c3ccccc3-c3cc(-c4cccc(-c5ccc6cc(-c7cc8ccc9ccccc9c8c8ccccc78)ccc6c5)c4)ccc32)cc1. The predicted molar refractivity (Wildman–Crippen MR) is 464 cm³/mol. The molecule has 0 heteroatoms. The van der Waals surface area contributed by atoms with Gasteiger partial charge < -0.3 is 0 Å². The van der Waals surface area contributed by atoms with Crippen molar-refractivity contribution in [3.63, 3.8) is 0 Å². The van der Waals surface area contributed by atoms with Gasteiger partial charge in [-0.3, -0.25) is 0 Å². The number of benzene rings is 20. The molecule has 0 atom stereocenters. The third-order valence-corrected chi connectivity index (χ3v) is 24.3. The summed E-state index contributed by atoms with van der Waals surface area (Å²) < 4.78 is 0. The van der Waals surface area contributed by atoms with Crippen LogP contribution in [0.5, 0.6) is 0 Å². The van der Waals surface area contributed by atoms with Gasteiger partial charge in [0, 0.05) is 0 Å². The largest absolute Gasteiger partial charge is 0.0725 e. The number of fused-ring (bicyclic) bond motifs is 21.